The van der Waals surface area contributed by atoms with E-state index in [9.17, 15) is 14.4 Å². The molecule has 0 saturated carbocycles. The number of carbonyl (C=O) groups is 3. The van der Waals surface area contributed by atoms with Crippen LogP contribution < -0.4 is 0 Å². The molecule has 0 aromatic heterocycles. The monoisotopic (exact) mass is 392 g/mol. The van der Waals surface area contributed by atoms with Crippen LogP contribution in [0.4, 0.5) is 14.4 Å². The van der Waals surface area contributed by atoms with Crippen LogP contribution in [-0.4, -0.2) is 53.6 Å². The molecule has 158 valence electrons. The fraction of sp³-hybridized carbons (Fsp3) is 0.833. The van der Waals surface area contributed by atoms with E-state index >= 15 is 0 Å². The van der Waals surface area contributed by atoms with Gasteiger partial charge in [0.1, 0.15) is 0 Å². The molecular formula is C18H32O9. The maximum absolute atomic E-state index is 10.6. The SMILES string of the molecule is CCCCCCCCC(CCOC(=O)O)(CCOC(=O)O)CCOC(=O)O. The highest BCUT2D eigenvalue weighted by atomic mass is 16.7. The third kappa shape index (κ3) is 14.6. The molecule has 0 unspecified atom stereocenters. The molecule has 0 fully saturated rings. The van der Waals surface area contributed by atoms with Crippen LogP contribution in [0.2, 0.25) is 0 Å². The van der Waals surface area contributed by atoms with Crippen LogP contribution in [0.25, 0.3) is 0 Å². The standard InChI is InChI=1S/C18H32O9/c1-2-3-4-5-6-7-8-18(9-12-25-15(19)20,10-13-26-16(21)22)11-14-27-17(23)24/h2-14H2,1H3,(H,19,20)(H,21,22)(H,23,24). The normalized spacial score (nSPS) is 11.0. The third-order valence-corrected chi connectivity index (χ3v) is 4.63. The quantitative estimate of drug-likeness (QED) is 0.188. The molecule has 0 heterocycles. The Morgan fingerprint density at radius 1 is 0.630 bits per heavy atom. The average Bonchev–Trinajstić information content (AvgIpc) is 2.57. The van der Waals surface area contributed by atoms with Gasteiger partial charge in [-0.05, 0) is 31.1 Å². The maximum atomic E-state index is 10.6. The van der Waals surface area contributed by atoms with Crippen molar-refractivity contribution in [3.05, 3.63) is 0 Å². The minimum atomic E-state index is -1.38. The lowest BCUT2D eigenvalue weighted by molar-refractivity contribution is 0.0331. The van der Waals surface area contributed by atoms with Crippen molar-refractivity contribution in [2.45, 2.75) is 71.1 Å². The highest BCUT2D eigenvalue weighted by Gasteiger charge is 2.30. The van der Waals surface area contributed by atoms with Crippen molar-refractivity contribution in [2.75, 3.05) is 19.8 Å². The Balaban J connectivity index is 4.83. The Hall–Kier alpha value is -2.19. The van der Waals surface area contributed by atoms with E-state index in [0.717, 1.165) is 32.1 Å². The van der Waals surface area contributed by atoms with Gasteiger partial charge in [-0.1, -0.05) is 45.4 Å². The summed E-state index contributed by atoms with van der Waals surface area (Å²) in [6.45, 7) is 1.99. The summed E-state index contributed by atoms with van der Waals surface area (Å²) >= 11 is 0. The first kappa shape index (κ1) is 24.8. The number of carboxylic acid groups (broad SMARTS) is 3. The first-order chi connectivity index (χ1) is 12.8. The van der Waals surface area contributed by atoms with Crippen LogP contribution in [0.3, 0.4) is 0 Å². The first-order valence-corrected chi connectivity index (χ1v) is 9.38. The van der Waals surface area contributed by atoms with Gasteiger partial charge in [-0.15, -0.1) is 0 Å². The molecule has 0 aromatic carbocycles. The summed E-state index contributed by atoms with van der Waals surface area (Å²) in [4.78, 5) is 31.9. The zero-order valence-corrected chi connectivity index (χ0v) is 16.0. The van der Waals surface area contributed by atoms with Gasteiger partial charge >= 0.3 is 18.5 Å². The van der Waals surface area contributed by atoms with Gasteiger partial charge in [0.05, 0.1) is 19.8 Å². The number of rotatable bonds is 16. The molecule has 0 atom stereocenters. The fourth-order valence-electron chi connectivity index (χ4n) is 3.09. The van der Waals surface area contributed by atoms with E-state index in [1.54, 1.807) is 0 Å². The van der Waals surface area contributed by atoms with Crippen LogP contribution in [-0.2, 0) is 14.2 Å². The average molecular weight is 392 g/mol. The number of hydrogen-bond donors (Lipinski definition) is 3. The molecule has 0 rings (SSSR count). The Labute approximate surface area is 159 Å². The van der Waals surface area contributed by atoms with E-state index in [-0.39, 0.29) is 19.8 Å². The summed E-state index contributed by atoms with van der Waals surface area (Å²) in [6, 6.07) is 0. The van der Waals surface area contributed by atoms with Crippen LogP contribution >= 0.6 is 0 Å². The molecule has 9 nitrogen and oxygen atoms in total. The maximum Gasteiger partial charge on any atom is 0.505 e. The minimum absolute atomic E-state index is 0.0503. The summed E-state index contributed by atoms with van der Waals surface area (Å²) in [6.07, 6.45) is 4.02. The summed E-state index contributed by atoms with van der Waals surface area (Å²) in [5, 5.41) is 26.0. The molecule has 9 heteroatoms. The van der Waals surface area contributed by atoms with Gasteiger partial charge in [0.15, 0.2) is 0 Å². The van der Waals surface area contributed by atoms with Crippen molar-refractivity contribution < 1.29 is 43.9 Å². The van der Waals surface area contributed by atoms with Crippen molar-refractivity contribution in [1.29, 1.82) is 0 Å². The van der Waals surface area contributed by atoms with E-state index < -0.39 is 23.9 Å². The molecule has 0 saturated heterocycles. The zero-order chi connectivity index (χ0) is 20.5. The molecule has 0 bridgehead atoms. The molecule has 3 N–H and O–H groups in total. The van der Waals surface area contributed by atoms with E-state index in [2.05, 4.69) is 21.1 Å². The Bertz CT molecular complexity index is 386. The fourth-order valence-corrected chi connectivity index (χ4v) is 3.09. The van der Waals surface area contributed by atoms with E-state index in [1.165, 1.54) is 6.42 Å². The predicted octanol–water partition coefficient (Wildman–Crippen LogP) is 4.98. The molecule has 0 aliphatic rings. The van der Waals surface area contributed by atoms with Gasteiger partial charge in [-0.25, -0.2) is 14.4 Å². The Morgan fingerprint density at radius 3 is 1.37 bits per heavy atom. The van der Waals surface area contributed by atoms with Gasteiger partial charge in [0, 0.05) is 0 Å². The number of unbranched alkanes of at least 4 members (excludes halogenated alkanes) is 5. The topological polar surface area (TPSA) is 140 Å². The molecule has 0 aliphatic carbocycles. The zero-order valence-electron chi connectivity index (χ0n) is 16.0. The van der Waals surface area contributed by atoms with Gasteiger partial charge in [-0.3, -0.25) is 0 Å². The molecule has 0 aliphatic heterocycles. The van der Waals surface area contributed by atoms with Crippen molar-refractivity contribution in [2.24, 2.45) is 5.41 Å². The molecule has 0 spiro atoms. The van der Waals surface area contributed by atoms with Crippen molar-refractivity contribution >= 4 is 18.5 Å². The first-order valence-electron chi connectivity index (χ1n) is 9.38. The second-order valence-corrected chi connectivity index (χ2v) is 6.61. The minimum Gasteiger partial charge on any atom is -0.450 e. The number of ether oxygens (including phenoxy) is 3. The van der Waals surface area contributed by atoms with Crippen LogP contribution in [0.15, 0.2) is 0 Å². The molecular weight excluding hydrogens is 360 g/mol. The Kier molecular flexibility index (Phi) is 13.7. The predicted molar refractivity (Wildman–Crippen MR) is 96.2 cm³/mol. The smallest absolute Gasteiger partial charge is 0.450 e. The lowest BCUT2D eigenvalue weighted by Crippen LogP contribution is -2.28. The van der Waals surface area contributed by atoms with Crippen molar-refractivity contribution in [3.63, 3.8) is 0 Å². The molecule has 0 radical (unpaired) electrons. The highest BCUT2D eigenvalue weighted by molar-refractivity contribution is 5.57. The highest BCUT2D eigenvalue weighted by Crippen LogP contribution is 2.37. The van der Waals surface area contributed by atoms with Crippen LogP contribution in [0, 0.1) is 5.41 Å². The lowest BCUT2D eigenvalue weighted by atomic mass is 9.74. The van der Waals surface area contributed by atoms with E-state index in [0.29, 0.717) is 25.7 Å². The van der Waals surface area contributed by atoms with Crippen LogP contribution in [0.5, 0.6) is 0 Å². The number of hydrogen-bond acceptors (Lipinski definition) is 6. The van der Waals surface area contributed by atoms with Gasteiger partial charge < -0.3 is 29.5 Å². The largest absolute Gasteiger partial charge is 0.505 e. The van der Waals surface area contributed by atoms with Gasteiger partial charge in [-0.2, -0.15) is 0 Å². The molecule has 0 amide bonds. The summed E-state index contributed by atoms with van der Waals surface area (Å²) in [5.41, 5.74) is -0.509. The van der Waals surface area contributed by atoms with Crippen LogP contribution in [0.1, 0.15) is 71.1 Å². The molecule has 0 aromatic rings. The van der Waals surface area contributed by atoms with Crippen molar-refractivity contribution in [3.8, 4) is 0 Å². The Morgan fingerprint density at radius 2 is 1.00 bits per heavy atom. The van der Waals surface area contributed by atoms with E-state index in [4.69, 9.17) is 15.3 Å². The van der Waals surface area contributed by atoms with Gasteiger partial charge in [0.2, 0.25) is 0 Å². The second-order valence-electron chi connectivity index (χ2n) is 6.61. The molecule has 27 heavy (non-hydrogen) atoms. The van der Waals surface area contributed by atoms with E-state index in [1.807, 2.05) is 0 Å². The third-order valence-electron chi connectivity index (χ3n) is 4.63. The second kappa shape index (κ2) is 14.9. The van der Waals surface area contributed by atoms with Gasteiger partial charge in [0.25, 0.3) is 0 Å². The van der Waals surface area contributed by atoms with Crippen molar-refractivity contribution in [1.82, 2.24) is 0 Å². The summed E-state index contributed by atoms with van der Waals surface area (Å²) in [5.74, 6) is 0. The lowest BCUT2D eigenvalue weighted by Gasteiger charge is -2.33. The summed E-state index contributed by atoms with van der Waals surface area (Å²) < 4.78 is 13.8. The summed E-state index contributed by atoms with van der Waals surface area (Å²) in [7, 11) is 0.